The van der Waals surface area contributed by atoms with Crippen molar-refractivity contribution < 1.29 is 9.59 Å². The first-order valence-corrected chi connectivity index (χ1v) is 7.64. The third kappa shape index (κ3) is 2.84. The molecule has 23 heavy (non-hydrogen) atoms. The molecule has 2 aromatic rings. The number of nitrogens with two attached hydrogens (primary N) is 1. The average molecular weight is 316 g/mol. The molecule has 0 radical (unpaired) electrons. The lowest BCUT2D eigenvalue weighted by Crippen LogP contribution is -2.44. The number of nitrogens with zero attached hydrogens (tertiary/aromatic N) is 4. The van der Waals surface area contributed by atoms with Gasteiger partial charge in [0, 0.05) is 20.1 Å². The largest absolute Gasteiger partial charge is 0.383 e. The van der Waals surface area contributed by atoms with Crippen molar-refractivity contribution in [2.24, 2.45) is 13.0 Å². The number of piperidine rings is 1. The van der Waals surface area contributed by atoms with Gasteiger partial charge in [0.2, 0.25) is 0 Å². The molecule has 1 aliphatic rings. The molecule has 1 atom stereocenters. The van der Waals surface area contributed by atoms with Crippen molar-refractivity contribution in [2.45, 2.75) is 19.8 Å². The van der Waals surface area contributed by atoms with Gasteiger partial charge in [0.05, 0.1) is 29.0 Å². The quantitative estimate of drug-likeness (QED) is 0.755. The molecule has 1 unspecified atom stereocenters. The van der Waals surface area contributed by atoms with Gasteiger partial charge in [-0.3, -0.25) is 14.3 Å². The zero-order valence-corrected chi connectivity index (χ0v) is 13.2. The molecule has 0 saturated carbocycles. The number of fused-ring (bicyclic) bond motifs is 1. The minimum atomic E-state index is -0.659. The fourth-order valence-electron chi connectivity index (χ4n) is 2.99. The molecule has 0 spiro atoms. The molecule has 1 saturated heterocycles. The smallest absolute Gasteiger partial charge is 0.314 e. The minimum Gasteiger partial charge on any atom is -0.383 e. The van der Waals surface area contributed by atoms with Gasteiger partial charge in [-0.25, -0.2) is 4.98 Å². The normalized spacial score (nSPS) is 18.2. The van der Waals surface area contributed by atoms with E-state index >= 15 is 0 Å². The summed E-state index contributed by atoms with van der Waals surface area (Å²) in [5.41, 5.74) is 6.88. The van der Waals surface area contributed by atoms with Crippen molar-refractivity contribution in [3.8, 4) is 0 Å². The number of carbonyl (C=O) groups is 2. The summed E-state index contributed by atoms with van der Waals surface area (Å²) >= 11 is 0. The van der Waals surface area contributed by atoms with Gasteiger partial charge < -0.3 is 16.0 Å². The van der Waals surface area contributed by atoms with Crippen LogP contribution in [0.3, 0.4) is 0 Å². The number of aryl methyl sites for hydroxylation is 1. The fourth-order valence-corrected chi connectivity index (χ4v) is 2.99. The summed E-state index contributed by atoms with van der Waals surface area (Å²) in [6.45, 7) is 3.32. The van der Waals surface area contributed by atoms with Crippen molar-refractivity contribution >= 4 is 34.2 Å². The molecule has 0 bridgehead atoms. The predicted molar refractivity (Wildman–Crippen MR) is 86.5 cm³/mol. The molecular weight excluding hydrogens is 296 g/mol. The van der Waals surface area contributed by atoms with Crippen LogP contribution in [0.2, 0.25) is 0 Å². The molecule has 122 valence electrons. The van der Waals surface area contributed by atoms with Crippen molar-refractivity contribution in [1.29, 1.82) is 0 Å². The topological polar surface area (TPSA) is 106 Å². The van der Waals surface area contributed by atoms with Crippen LogP contribution in [0.4, 0.5) is 11.5 Å². The maximum atomic E-state index is 12.3. The zero-order valence-electron chi connectivity index (χ0n) is 13.2. The molecule has 3 N–H and O–H groups in total. The van der Waals surface area contributed by atoms with Gasteiger partial charge in [0.15, 0.2) is 0 Å². The van der Waals surface area contributed by atoms with Crippen LogP contribution in [0.5, 0.6) is 0 Å². The summed E-state index contributed by atoms with van der Waals surface area (Å²) in [6.07, 6.45) is 5.04. The highest BCUT2D eigenvalue weighted by atomic mass is 16.2. The standard InChI is InChI=1S/C15H20N6O2/c1-9-4-3-5-21(8-9)15(23)14(22)19-11-7-17-13(16)10-6-18-20(2)12(10)11/h6-7,9H,3-5,8H2,1-2H3,(H2,16,17)(H,19,22). The number of amides is 2. The molecule has 8 nitrogen and oxygen atoms in total. The highest BCUT2D eigenvalue weighted by molar-refractivity contribution is 6.40. The van der Waals surface area contributed by atoms with Crippen LogP contribution in [0.25, 0.3) is 10.9 Å². The van der Waals surface area contributed by atoms with Gasteiger partial charge in [0.25, 0.3) is 0 Å². The highest BCUT2D eigenvalue weighted by Gasteiger charge is 2.26. The summed E-state index contributed by atoms with van der Waals surface area (Å²) in [6, 6.07) is 0. The third-order valence-electron chi connectivity index (χ3n) is 4.19. The van der Waals surface area contributed by atoms with E-state index in [4.69, 9.17) is 5.73 Å². The van der Waals surface area contributed by atoms with E-state index in [1.165, 1.54) is 6.20 Å². The first-order chi connectivity index (χ1) is 11.0. The van der Waals surface area contributed by atoms with E-state index in [0.29, 0.717) is 41.4 Å². The Morgan fingerprint density at radius 1 is 1.39 bits per heavy atom. The van der Waals surface area contributed by atoms with Gasteiger partial charge in [-0.15, -0.1) is 0 Å². The number of anilines is 2. The van der Waals surface area contributed by atoms with E-state index in [0.717, 1.165) is 12.8 Å². The van der Waals surface area contributed by atoms with Gasteiger partial charge in [-0.1, -0.05) is 6.92 Å². The highest BCUT2D eigenvalue weighted by Crippen LogP contribution is 2.25. The van der Waals surface area contributed by atoms with Crippen molar-refractivity contribution in [1.82, 2.24) is 19.7 Å². The van der Waals surface area contributed by atoms with Crippen molar-refractivity contribution in [3.63, 3.8) is 0 Å². The van der Waals surface area contributed by atoms with Gasteiger partial charge in [-0.2, -0.15) is 5.10 Å². The number of hydrogen-bond acceptors (Lipinski definition) is 5. The summed E-state index contributed by atoms with van der Waals surface area (Å²) in [7, 11) is 1.74. The van der Waals surface area contributed by atoms with E-state index in [-0.39, 0.29) is 0 Å². The predicted octanol–water partition coefficient (Wildman–Crippen LogP) is 0.747. The van der Waals surface area contributed by atoms with Gasteiger partial charge in [-0.05, 0) is 18.8 Å². The molecule has 0 aliphatic carbocycles. The van der Waals surface area contributed by atoms with Gasteiger partial charge >= 0.3 is 11.8 Å². The summed E-state index contributed by atoms with van der Waals surface area (Å²) in [4.78, 5) is 30.3. The fraction of sp³-hybridized carbons (Fsp3) is 0.467. The lowest BCUT2D eigenvalue weighted by molar-refractivity contribution is -0.144. The van der Waals surface area contributed by atoms with E-state index < -0.39 is 11.8 Å². The number of nitrogens with one attached hydrogen (secondary N) is 1. The zero-order chi connectivity index (χ0) is 16.6. The first-order valence-electron chi connectivity index (χ1n) is 7.64. The van der Waals surface area contributed by atoms with Crippen LogP contribution in [-0.2, 0) is 16.6 Å². The lowest BCUT2D eigenvalue weighted by Gasteiger charge is -2.30. The van der Waals surface area contributed by atoms with E-state index in [1.807, 2.05) is 0 Å². The van der Waals surface area contributed by atoms with Crippen LogP contribution in [0.1, 0.15) is 19.8 Å². The Labute approximate surface area is 133 Å². The van der Waals surface area contributed by atoms with Gasteiger partial charge in [0.1, 0.15) is 5.82 Å². The maximum absolute atomic E-state index is 12.3. The summed E-state index contributed by atoms with van der Waals surface area (Å²) in [5, 5.41) is 7.40. The van der Waals surface area contributed by atoms with Crippen LogP contribution in [0, 0.1) is 5.92 Å². The number of carbonyl (C=O) groups excluding carboxylic acids is 2. The van der Waals surface area contributed by atoms with E-state index in [9.17, 15) is 9.59 Å². The number of hydrogen-bond donors (Lipinski definition) is 2. The maximum Gasteiger partial charge on any atom is 0.314 e. The minimum absolute atomic E-state index is 0.335. The monoisotopic (exact) mass is 316 g/mol. The van der Waals surface area contributed by atoms with Crippen molar-refractivity contribution in [2.75, 3.05) is 24.1 Å². The number of pyridine rings is 1. The second kappa shape index (κ2) is 5.86. The van der Waals surface area contributed by atoms with Crippen molar-refractivity contribution in [3.05, 3.63) is 12.4 Å². The number of nitrogen functional groups attached to an aromatic ring is 1. The Bertz CT molecular complexity index is 769. The third-order valence-corrected chi connectivity index (χ3v) is 4.19. The second-order valence-corrected chi connectivity index (χ2v) is 6.04. The SMILES string of the molecule is CC1CCCN(C(=O)C(=O)Nc2cnc(N)c3cnn(C)c23)C1. The number of likely N-dealkylation sites (tertiary alicyclic amines) is 1. The van der Waals surface area contributed by atoms with E-state index in [1.54, 1.807) is 22.8 Å². The Morgan fingerprint density at radius 3 is 2.91 bits per heavy atom. The molecule has 1 aliphatic heterocycles. The molecule has 3 heterocycles. The van der Waals surface area contributed by atoms with Crippen LogP contribution < -0.4 is 11.1 Å². The van der Waals surface area contributed by atoms with Crippen LogP contribution >= 0.6 is 0 Å². The Morgan fingerprint density at radius 2 is 2.17 bits per heavy atom. The van der Waals surface area contributed by atoms with Crippen LogP contribution in [-0.4, -0.2) is 44.6 Å². The van der Waals surface area contributed by atoms with E-state index in [2.05, 4.69) is 22.3 Å². The number of rotatable bonds is 1. The van der Waals surface area contributed by atoms with Crippen LogP contribution in [0.15, 0.2) is 12.4 Å². The number of aromatic nitrogens is 3. The average Bonchev–Trinajstić information content (AvgIpc) is 2.92. The second-order valence-electron chi connectivity index (χ2n) is 6.04. The molecular formula is C15H20N6O2. The summed E-state index contributed by atoms with van der Waals surface area (Å²) in [5.74, 6) is -0.415. The molecule has 8 heteroatoms. The molecule has 0 aromatic carbocycles. The molecule has 3 rings (SSSR count). The Hall–Kier alpha value is -2.64. The lowest BCUT2D eigenvalue weighted by atomic mass is 10.0. The molecule has 1 fully saturated rings. The Balaban J connectivity index is 1.82. The molecule has 2 amide bonds. The first kappa shape index (κ1) is 15.3. The summed E-state index contributed by atoms with van der Waals surface area (Å²) < 4.78 is 1.59. The molecule has 2 aromatic heterocycles. The Kier molecular flexibility index (Phi) is 3.89.